The second-order valence-corrected chi connectivity index (χ2v) is 9.65. The number of alkyl halides is 3. The van der Waals surface area contributed by atoms with Crippen LogP contribution in [-0.2, 0) is 35.1 Å². The van der Waals surface area contributed by atoms with Gasteiger partial charge < -0.3 is 9.47 Å². The molecule has 2 aromatic carbocycles. The maximum absolute atomic E-state index is 12.9. The summed E-state index contributed by atoms with van der Waals surface area (Å²) in [5.41, 5.74) is -3.73. The number of ether oxygens (including phenoxy) is 2. The van der Waals surface area contributed by atoms with Gasteiger partial charge >= 0.3 is 18.1 Å². The zero-order chi connectivity index (χ0) is 26.6. The van der Waals surface area contributed by atoms with Gasteiger partial charge in [0, 0.05) is 30.2 Å². The van der Waals surface area contributed by atoms with Gasteiger partial charge in [0.2, 0.25) is 0 Å². The lowest BCUT2D eigenvalue weighted by molar-refractivity contribution is -0.168. The Hall–Kier alpha value is -3.54. The summed E-state index contributed by atoms with van der Waals surface area (Å²) in [7, 11) is -1.70. The maximum atomic E-state index is 12.9. The summed E-state index contributed by atoms with van der Waals surface area (Å²) in [5.74, 6) is -4.23. The van der Waals surface area contributed by atoms with Gasteiger partial charge in [0.1, 0.15) is 0 Å². The molecule has 8 nitrogen and oxygen atoms in total. The Morgan fingerprint density at radius 3 is 1.43 bits per heavy atom. The topological polar surface area (TPSA) is 121 Å². The fraction of sp³-hybridized carbons (Fsp3) is 0.304. The van der Waals surface area contributed by atoms with Crippen molar-refractivity contribution in [2.45, 2.75) is 23.9 Å². The monoisotopic (exact) mass is 514 g/mol. The molecule has 0 atom stereocenters. The molecule has 0 bridgehead atoms. The number of hydrogen-bond donors (Lipinski definition) is 0. The first-order chi connectivity index (χ1) is 16.2. The van der Waals surface area contributed by atoms with E-state index in [1.54, 1.807) is 0 Å². The lowest BCUT2D eigenvalue weighted by Crippen LogP contribution is -2.44. The van der Waals surface area contributed by atoms with E-state index in [4.69, 9.17) is 0 Å². The quantitative estimate of drug-likeness (QED) is 0.284. The molecule has 0 spiro atoms. The van der Waals surface area contributed by atoms with E-state index in [0.29, 0.717) is 12.1 Å². The average molecular weight is 514 g/mol. The van der Waals surface area contributed by atoms with Gasteiger partial charge in [-0.25, -0.2) is 8.42 Å². The molecular weight excluding hydrogens is 493 g/mol. The molecule has 35 heavy (non-hydrogen) atoms. The van der Waals surface area contributed by atoms with E-state index in [2.05, 4.69) is 9.47 Å². The van der Waals surface area contributed by atoms with Gasteiger partial charge in [-0.1, -0.05) is 24.3 Å². The third-order valence-corrected chi connectivity index (χ3v) is 6.34. The Morgan fingerprint density at radius 1 is 0.743 bits per heavy atom. The number of benzene rings is 2. The minimum atomic E-state index is -4.64. The molecule has 0 aromatic heterocycles. The van der Waals surface area contributed by atoms with Gasteiger partial charge in [0.05, 0.1) is 24.7 Å². The van der Waals surface area contributed by atoms with Crippen molar-refractivity contribution >= 4 is 33.3 Å². The summed E-state index contributed by atoms with van der Waals surface area (Å²) in [6.07, 6.45) is -5.47. The number of carbonyl (C=O) groups excluding carboxylic acids is 4. The second-order valence-electron chi connectivity index (χ2n) is 7.64. The second kappa shape index (κ2) is 10.4. The van der Waals surface area contributed by atoms with Crippen LogP contribution in [0.4, 0.5) is 13.2 Å². The van der Waals surface area contributed by atoms with Crippen molar-refractivity contribution in [2.75, 3.05) is 20.5 Å². The highest BCUT2D eigenvalue weighted by molar-refractivity contribution is 7.90. The van der Waals surface area contributed by atoms with Crippen molar-refractivity contribution in [3.8, 4) is 0 Å². The normalized spacial score (nSPS) is 12.1. The summed E-state index contributed by atoms with van der Waals surface area (Å²) in [6, 6.07) is 7.78. The molecule has 0 fully saturated rings. The number of Topliss-reactive ketones (excluding diaryl/α,β-unsaturated/α-hetero) is 2. The molecule has 0 heterocycles. The summed E-state index contributed by atoms with van der Waals surface area (Å²) in [4.78, 5) is 51.1. The summed E-state index contributed by atoms with van der Waals surface area (Å²) >= 11 is 0. The molecule has 0 unspecified atom stereocenters. The molecule has 0 aliphatic rings. The summed E-state index contributed by atoms with van der Waals surface area (Å²) < 4.78 is 71.0. The van der Waals surface area contributed by atoms with Crippen LogP contribution in [0, 0.1) is 5.41 Å². The fourth-order valence-electron chi connectivity index (χ4n) is 3.31. The molecule has 0 saturated carbocycles. The lowest BCUT2D eigenvalue weighted by atomic mass is 9.76. The standard InChI is InChI=1S/C23H21F3O8S/c1-33-20(29)22(21(30)34-2,12-18(27)14-4-8-16(9-5-14)23(24,25)26)13-19(28)15-6-10-17(11-7-15)35(3,31)32/h4-11H,12-13H2,1-3H3. The third-order valence-electron chi connectivity index (χ3n) is 5.22. The van der Waals surface area contributed by atoms with E-state index in [0.717, 1.165) is 44.7 Å². The number of methoxy groups -OCH3 is 2. The average Bonchev–Trinajstić information content (AvgIpc) is 2.81. The number of hydrogen-bond acceptors (Lipinski definition) is 8. The van der Waals surface area contributed by atoms with E-state index in [1.165, 1.54) is 12.1 Å². The molecule has 12 heteroatoms. The van der Waals surface area contributed by atoms with Crippen LogP contribution in [0.15, 0.2) is 53.4 Å². The van der Waals surface area contributed by atoms with Crippen molar-refractivity contribution in [1.29, 1.82) is 0 Å². The SMILES string of the molecule is COC(=O)C(CC(=O)c1ccc(C(F)(F)F)cc1)(CC(=O)c1ccc(S(C)(=O)=O)cc1)C(=O)OC. The van der Waals surface area contributed by atoms with Crippen molar-refractivity contribution < 1.29 is 50.2 Å². The summed E-state index contributed by atoms with van der Waals surface area (Å²) in [5, 5.41) is 0. The van der Waals surface area contributed by atoms with Crippen LogP contribution in [-0.4, -0.2) is 52.4 Å². The Morgan fingerprint density at radius 2 is 1.11 bits per heavy atom. The van der Waals surface area contributed by atoms with Crippen LogP contribution in [0.2, 0.25) is 0 Å². The highest BCUT2D eigenvalue weighted by Crippen LogP contribution is 2.35. The smallest absolute Gasteiger partial charge is 0.416 e. The maximum Gasteiger partial charge on any atom is 0.416 e. The van der Waals surface area contributed by atoms with Gasteiger partial charge in [-0.15, -0.1) is 0 Å². The first-order valence-corrected chi connectivity index (χ1v) is 11.8. The number of ketones is 2. The minimum absolute atomic E-state index is 0.0587. The van der Waals surface area contributed by atoms with E-state index in [1.807, 2.05) is 0 Å². The van der Waals surface area contributed by atoms with Gasteiger partial charge in [-0.05, 0) is 24.3 Å². The fourth-order valence-corrected chi connectivity index (χ4v) is 3.94. The van der Waals surface area contributed by atoms with Crippen LogP contribution < -0.4 is 0 Å². The molecule has 0 amide bonds. The number of halogens is 3. The largest absolute Gasteiger partial charge is 0.468 e. The van der Waals surface area contributed by atoms with Crippen LogP contribution in [0.25, 0.3) is 0 Å². The van der Waals surface area contributed by atoms with Crippen LogP contribution >= 0.6 is 0 Å². The zero-order valence-corrected chi connectivity index (χ0v) is 19.7. The Balaban J connectivity index is 2.44. The molecule has 2 aromatic rings. The Kier molecular flexibility index (Phi) is 8.22. The number of esters is 2. The first-order valence-electron chi connectivity index (χ1n) is 9.86. The zero-order valence-electron chi connectivity index (χ0n) is 18.8. The van der Waals surface area contributed by atoms with Gasteiger partial charge in [0.15, 0.2) is 26.8 Å². The highest BCUT2D eigenvalue weighted by Gasteiger charge is 2.51. The Labute approximate surface area is 198 Å². The van der Waals surface area contributed by atoms with Crippen molar-refractivity contribution in [1.82, 2.24) is 0 Å². The Bertz CT molecular complexity index is 1220. The van der Waals surface area contributed by atoms with Crippen molar-refractivity contribution in [2.24, 2.45) is 5.41 Å². The molecule has 0 saturated heterocycles. The van der Waals surface area contributed by atoms with Crippen LogP contribution in [0.1, 0.15) is 39.1 Å². The molecule has 0 aliphatic carbocycles. The van der Waals surface area contributed by atoms with Gasteiger partial charge in [-0.2, -0.15) is 13.2 Å². The van der Waals surface area contributed by atoms with Crippen LogP contribution in [0.3, 0.4) is 0 Å². The van der Waals surface area contributed by atoms with E-state index >= 15 is 0 Å². The molecule has 0 aliphatic heterocycles. The highest BCUT2D eigenvalue weighted by atomic mass is 32.2. The van der Waals surface area contributed by atoms with Crippen molar-refractivity contribution in [3.05, 3.63) is 65.2 Å². The third kappa shape index (κ3) is 6.32. The molecule has 0 radical (unpaired) electrons. The number of carbonyl (C=O) groups is 4. The van der Waals surface area contributed by atoms with Gasteiger partial charge in [-0.3, -0.25) is 19.2 Å². The predicted octanol–water partition coefficient (Wildman–Crippen LogP) is 3.29. The minimum Gasteiger partial charge on any atom is -0.468 e. The lowest BCUT2D eigenvalue weighted by Gasteiger charge is -2.27. The molecule has 188 valence electrons. The van der Waals surface area contributed by atoms with E-state index in [9.17, 15) is 40.8 Å². The van der Waals surface area contributed by atoms with Crippen molar-refractivity contribution in [3.63, 3.8) is 0 Å². The van der Waals surface area contributed by atoms with E-state index < -0.39 is 63.3 Å². The number of sulfone groups is 1. The van der Waals surface area contributed by atoms with Crippen LogP contribution in [0.5, 0.6) is 0 Å². The molecule has 0 N–H and O–H groups in total. The number of rotatable bonds is 9. The van der Waals surface area contributed by atoms with E-state index in [-0.39, 0.29) is 16.0 Å². The van der Waals surface area contributed by atoms with Gasteiger partial charge in [0.25, 0.3) is 0 Å². The first kappa shape index (κ1) is 27.7. The molecule has 2 rings (SSSR count). The summed E-state index contributed by atoms with van der Waals surface area (Å²) in [6.45, 7) is 0. The predicted molar refractivity (Wildman–Crippen MR) is 115 cm³/mol. The molecular formula is C23H21F3O8S.